The Morgan fingerprint density at radius 1 is 1.37 bits per heavy atom. The highest BCUT2D eigenvalue weighted by Gasteiger charge is 2.12. The van der Waals surface area contributed by atoms with Crippen LogP contribution in [0.1, 0.15) is 26.8 Å². The number of hydrogen-bond acceptors (Lipinski definition) is 6. The van der Waals surface area contributed by atoms with Crippen LogP contribution in [0.3, 0.4) is 0 Å². The molecular formula is C11H15N7S. The Balaban J connectivity index is 2.27. The van der Waals surface area contributed by atoms with Crippen LogP contribution in [0.25, 0.3) is 11.5 Å². The number of pyridine rings is 1. The van der Waals surface area contributed by atoms with Gasteiger partial charge in [0.05, 0.1) is 11.0 Å². The molecule has 2 aromatic heterocycles. The van der Waals surface area contributed by atoms with E-state index in [9.17, 15) is 0 Å². The van der Waals surface area contributed by atoms with Gasteiger partial charge in [0.15, 0.2) is 0 Å². The Morgan fingerprint density at radius 3 is 2.84 bits per heavy atom. The van der Waals surface area contributed by atoms with Crippen molar-refractivity contribution in [1.82, 2.24) is 30.6 Å². The largest absolute Gasteiger partial charge is 0.293 e. The molecule has 0 aliphatic carbocycles. The van der Waals surface area contributed by atoms with Crippen molar-refractivity contribution in [2.24, 2.45) is 0 Å². The van der Waals surface area contributed by atoms with E-state index >= 15 is 0 Å². The molecule has 0 bridgehead atoms. The van der Waals surface area contributed by atoms with Gasteiger partial charge < -0.3 is 0 Å². The topological polar surface area (TPSA) is 80.5 Å². The molecular weight excluding hydrogens is 262 g/mol. The van der Waals surface area contributed by atoms with Crippen LogP contribution in [0.5, 0.6) is 0 Å². The fourth-order valence-corrected chi connectivity index (χ4v) is 1.54. The van der Waals surface area contributed by atoms with Crippen molar-refractivity contribution in [3.8, 4) is 11.5 Å². The molecule has 0 atom stereocenters. The average molecular weight is 277 g/mol. The zero-order valence-electron chi connectivity index (χ0n) is 11.0. The van der Waals surface area contributed by atoms with Crippen molar-refractivity contribution in [2.45, 2.75) is 26.8 Å². The second kappa shape index (κ2) is 5.70. The Hall–Kier alpha value is -2.09. The number of nitrogens with zero attached hydrogens (tertiary/aromatic N) is 5. The van der Waals surface area contributed by atoms with E-state index in [2.05, 4.69) is 31.4 Å². The fourth-order valence-electron chi connectivity index (χ4n) is 1.49. The highest BCUT2D eigenvalue weighted by molar-refractivity contribution is 7.80. The minimum Gasteiger partial charge on any atom is -0.293 e. The molecule has 8 heteroatoms. The average Bonchev–Trinajstić information content (AvgIpc) is 2.86. The van der Waals surface area contributed by atoms with Gasteiger partial charge in [0.25, 0.3) is 0 Å². The van der Waals surface area contributed by atoms with E-state index in [1.165, 1.54) is 0 Å². The molecule has 0 aliphatic heterocycles. The number of hydrazine groups is 1. The van der Waals surface area contributed by atoms with Crippen molar-refractivity contribution in [2.75, 3.05) is 5.43 Å². The lowest BCUT2D eigenvalue weighted by Crippen LogP contribution is -2.25. The van der Waals surface area contributed by atoms with Crippen LogP contribution in [0.4, 0.5) is 5.82 Å². The first-order valence-electron chi connectivity index (χ1n) is 5.86. The smallest absolute Gasteiger partial charge is 0.200 e. The summed E-state index contributed by atoms with van der Waals surface area (Å²) in [5, 5.41) is 11.7. The lowest BCUT2D eigenvalue weighted by Gasteiger charge is -2.10. The Kier molecular flexibility index (Phi) is 4.00. The third-order valence-electron chi connectivity index (χ3n) is 2.33. The zero-order valence-corrected chi connectivity index (χ0v) is 11.8. The van der Waals surface area contributed by atoms with Crippen LogP contribution in [0.15, 0.2) is 18.2 Å². The van der Waals surface area contributed by atoms with Crippen LogP contribution < -0.4 is 10.9 Å². The summed E-state index contributed by atoms with van der Waals surface area (Å²) in [6.45, 7) is 5.81. The summed E-state index contributed by atoms with van der Waals surface area (Å²) in [5.74, 6) is 1.29. The number of thiocarbonyl (C=S) groups is 1. The summed E-state index contributed by atoms with van der Waals surface area (Å²) in [6, 6.07) is 5.74. The molecule has 0 aliphatic rings. The summed E-state index contributed by atoms with van der Waals surface area (Å²) in [7, 11) is 0. The van der Waals surface area contributed by atoms with Crippen molar-refractivity contribution < 1.29 is 0 Å². The molecule has 0 unspecified atom stereocenters. The first-order chi connectivity index (χ1) is 9.08. The van der Waals surface area contributed by atoms with Crippen LogP contribution in [-0.4, -0.2) is 30.2 Å². The maximum Gasteiger partial charge on any atom is 0.200 e. The number of aromatic nitrogens is 5. The fraction of sp³-hybridized carbons (Fsp3) is 0.364. The number of anilines is 1. The van der Waals surface area contributed by atoms with E-state index in [1.807, 2.05) is 32.0 Å². The lowest BCUT2D eigenvalue weighted by atomic mass is 10.3. The Morgan fingerprint density at radius 2 is 2.16 bits per heavy atom. The second-order valence-electron chi connectivity index (χ2n) is 4.26. The molecule has 2 heterocycles. The van der Waals surface area contributed by atoms with Crippen LogP contribution >= 0.6 is 12.2 Å². The van der Waals surface area contributed by atoms with Crippen molar-refractivity contribution in [1.29, 1.82) is 0 Å². The standard InChI is InChI=1S/C11H15N7S/c1-7(2)18-11(15-16-17-18)9-5-4-6-10(12-9)14-13-8(3)19/h4-7H,1-3H3,(H,12,14)(H,13,19). The predicted octanol–water partition coefficient (Wildman–Crippen LogP) is 1.58. The van der Waals surface area contributed by atoms with E-state index in [4.69, 9.17) is 12.2 Å². The van der Waals surface area contributed by atoms with Gasteiger partial charge in [-0.2, -0.15) is 0 Å². The quantitative estimate of drug-likeness (QED) is 0.648. The summed E-state index contributed by atoms with van der Waals surface area (Å²) in [5.41, 5.74) is 6.45. The van der Waals surface area contributed by atoms with Crippen molar-refractivity contribution in [3.63, 3.8) is 0 Å². The maximum absolute atomic E-state index is 4.92. The Labute approximate surface area is 116 Å². The summed E-state index contributed by atoms with van der Waals surface area (Å²) >= 11 is 4.92. The van der Waals surface area contributed by atoms with Gasteiger partial charge in [-0.15, -0.1) is 5.10 Å². The molecule has 2 rings (SSSR count). The number of tetrazole rings is 1. The summed E-state index contributed by atoms with van der Waals surface area (Å²) < 4.78 is 1.73. The summed E-state index contributed by atoms with van der Waals surface area (Å²) in [4.78, 5) is 5.07. The van der Waals surface area contributed by atoms with Gasteiger partial charge >= 0.3 is 0 Å². The number of hydrogen-bond donors (Lipinski definition) is 2. The number of nitrogens with one attached hydrogen (secondary N) is 2. The maximum atomic E-state index is 4.92. The van der Waals surface area contributed by atoms with Gasteiger partial charge in [0, 0.05) is 0 Å². The van der Waals surface area contributed by atoms with Crippen LogP contribution in [0.2, 0.25) is 0 Å². The minimum absolute atomic E-state index is 0.171. The molecule has 0 saturated heterocycles. The van der Waals surface area contributed by atoms with Crippen molar-refractivity contribution >= 4 is 23.0 Å². The number of rotatable bonds is 4. The summed E-state index contributed by atoms with van der Waals surface area (Å²) in [6.07, 6.45) is 0. The molecule has 0 saturated carbocycles. The van der Waals surface area contributed by atoms with Gasteiger partial charge in [-0.25, -0.2) is 9.67 Å². The molecule has 7 nitrogen and oxygen atoms in total. The molecule has 100 valence electrons. The lowest BCUT2D eigenvalue weighted by molar-refractivity contribution is 0.518. The van der Waals surface area contributed by atoms with E-state index < -0.39 is 0 Å². The molecule has 0 amide bonds. The van der Waals surface area contributed by atoms with Crippen LogP contribution in [0, 0.1) is 0 Å². The molecule has 0 spiro atoms. The zero-order chi connectivity index (χ0) is 13.8. The van der Waals surface area contributed by atoms with E-state index in [0.29, 0.717) is 22.3 Å². The molecule has 2 aromatic rings. The highest BCUT2D eigenvalue weighted by atomic mass is 32.1. The molecule has 0 fully saturated rings. The van der Waals surface area contributed by atoms with Gasteiger partial charge in [-0.3, -0.25) is 10.9 Å². The third kappa shape index (κ3) is 3.22. The molecule has 19 heavy (non-hydrogen) atoms. The van der Waals surface area contributed by atoms with Gasteiger partial charge in [-0.1, -0.05) is 18.3 Å². The van der Waals surface area contributed by atoms with Gasteiger partial charge in [0.2, 0.25) is 5.82 Å². The first kappa shape index (κ1) is 13.3. The Bertz CT molecular complexity index is 578. The molecule has 0 aromatic carbocycles. The first-order valence-corrected chi connectivity index (χ1v) is 6.26. The van der Waals surface area contributed by atoms with Gasteiger partial charge in [-0.05, 0) is 43.3 Å². The third-order valence-corrected chi connectivity index (χ3v) is 2.43. The molecule has 2 N–H and O–H groups in total. The van der Waals surface area contributed by atoms with E-state index in [-0.39, 0.29) is 6.04 Å². The SMILES string of the molecule is CC(=S)NNc1cccc(-c2nnnn2C(C)C)n1. The predicted molar refractivity (Wildman–Crippen MR) is 76.5 cm³/mol. The van der Waals surface area contributed by atoms with Crippen LogP contribution in [-0.2, 0) is 0 Å². The monoisotopic (exact) mass is 277 g/mol. The highest BCUT2D eigenvalue weighted by Crippen LogP contribution is 2.18. The van der Waals surface area contributed by atoms with E-state index in [0.717, 1.165) is 0 Å². The second-order valence-corrected chi connectivity index (χ2v) is 4.87. The van der Waals surface area contributed by atoms with Crippen molar-refractivity contribution in [3.05, 3.63) is 18.2 Å². The van der Waals surface area contributed by atoms with Gasteiger partial charge in [0.1, 0.15) is 11.5 Å². The minimum atomic E-state index is 0.171. The molecule has 0 radical (unpaired) electrons. The normalized spacial score (nSPS) is 10.5. The van der Waals surface area contributed by atoms with E-state index in [1.54, 1.807) is 11.6 Å².